The number of amides is 1. The quantitative estimate of drug-likeness (QED) is 0.655. The van der Waals surface area contributed by atoms with Crippen LogP contribution in [-0.4, -0.2) is 35.7 Å². The summed E-state index contributed by atoms with van der Waals surface area (Å²) in [5.74, 6) is -0.131. The zero-order valence-corrected chi connectivity index (χ0v) is 9.42. The maximum atomic E-state index is 11.6. The van der Waals surface area contributed by atoms with E-state index in [1.54, 1.807) is 6.07 Å². The van der Waals surface area contributed by atoms with Crippen LogP contribution in [0.5, 0.6) is 0 Å². The molecular formula is C10H18N4O. The maximum Gasteiger partial charge on any atom is 0.271 e. The SMILES string of the molecule is CCc1cc(C(=O)NCC(C)NC)n[nH]1. The van der Waals surface area contributed by atoms with Crippen LogP contribution >= 0.6 is 0 Å². The molecule has 0 aliphatic carbocycles. The summed E-state index contributed by atoms with van der Waals surface area (Å²) in [5, 5.41) is 12.6. The predicted molar refractivity (Wildman–Crippen MR) is 58.8 cm³/mol. The van der Waals surface area contributed by atoms with E-state index in [0.29, 0.717) is 12.2 Å². The Morgan fingerprint density at radius 1 is 1.67 bits per heavy atom. The van der Waals surface area contributed by atoms with Crippen LogP contribution in [0.2, 0.25) is 0 Å². The minimum Gasteiger partial charge on any atom is -0.349 e. The van der Waals surface area contributed by atoms with Gasteiger partial charge in [-0.1, -0.05) is 6.92 Å². The second-order valence-corrected chi connectivity index (χ2v) is 3.53. The van der Waals surface area contributed by atoms with Gasteiger partial charge < -0.3 is 10.6 Å². The van der Waals surface area contributed by atoms with E-state index in [4.69, 9.17) is 0 Å². The monoisotopic (exact) mass is 210 g/mol. The van der Waals surface area contributed by atoms with Gasteiger partial charge in [0.2, 0.25) is 0 Å². The number of hydrogen-bond donors (Lipinski definition) is 3. The molecule has 5 heteroatoms. The maximum absolute atomic E-state index is 11.6. The topological polar surface area (TPSA) is 69.8 Å². The lowest BCUT2D eigenvalue weighted by Crippen LogP contribution is -2.37. The number of likely N-dealkylation sites (N-methyl/N-ethyl adjacent to an activating group) is 1. The van der Waals surface area contributed by atoms with Gasteiger partial charge in [-0.2, -0.15) is 5.10 Å². The number of hydrogen-bond acceptors (Lipinski definition) is 3. The van der Waals surface area contributed by atoms with E-state index in [1.807, 2.05) is 20.9 Å². The largest absolute Gasteiger partial charge is 0.349 e. The Morgan fingerprint density at radius 3 is 2.93 bits per heavy atom. The summed E-state index contributed by atoms with van der Waals surface area (Å²) in [6.45, 7) is 4.62. The molecule has 1 unspecified atom stereocenters. The molecule has 1 aromatic rings. The third-order valence-corrected chi connectivity index (χ3v) is 2.31. The zero-order chi connectivity index (χ0) is 11.3. The fourth-order valence-electron chi connectivity index (χ4n) is 1.10. The van der Waals surface area contributed by atoms with Crippen molar-refractivity contribution in [2.24, 2.45) is 0 Å². The first-order valence-electron chi connectivity index (χ1n) is 5.17. The van der Waals surface area contributed by atoms with Gasteiger partial charge in [-0.25, -0.2) is 0 Å². The second-order valence-electron chi connectivity index (χ2n) is 3.53. The molecule has 0 spiro atoms. The Morgan fingerprint density at radius 2 is 2.40 bits per heavy atom. The van der Waals surface area contributed by atoms with Crippen LogP contribution in [0.4, 0.5) is 0 Å². The third-order valence-electron chi connectivity index (χ3n) is 2.31. The van der Waals surface area contributed by atoms with E-state index in [0.717, 1.165) is 12.1 Å². The fraction of sp³-hybridized carbons (Fsp3) is 0.600. The summed E-state index contributed by atoms with van der Waals surface area (Å²) in [7, 11) is 1.86. The molecule has 0 saturated heterocycles. The standard InChI is InChI=1S/C10H18N4O/c1-4-8-5-9(14-13-8)10(15)12-6-7(2)11-3/h5,7,11H,4,6H2,1-3H3,(H,12,15)(H,13,14). The Bertz CT molecular complexity index is 321. The van der Waals surface area contributed by atoms with Crippen molar-refractivity contribution < 1.29 is 4.79 Å². The van der Waals surface area contributed by atoms with Crippen molar-refractivity contribution in [2.45, 2.75) is 26.3 Å². The third kappa shape index (κ3) is 3.36. The van der Waals surface area contributed by atoms with E-state index in [1.165, 1.54) is 0 Å². The molecular weight excluding hydrogens is 192 g/mol. The molecule has 0 aliphatic rings. The number of aromatic nitrogens is 2. The van der Waals surface area contributed by atoms with E-state index in [9.17, 15) is 4.79 Å². The summed E-state index contributed by atoms with van der Waals surface area (Å²) in [6, 6.07) is 2.04. The van der Waals surface area contributed by atoms with Gasteiger partial charge in [0.15, 0.2) is 0 Å². The molecule has 0 saturated carbocycles. The Labute approximate surface area is 89.6 Å². The lowest BCUT2D eigenvalue weighted by molar-refractivity contribution is 0.0945. The smallest absolute Gasteiger partial charge is 0.271 e. The number of aryl methyl sites for hydroxylation is 1. The molecule has 0 aliphatic heterocycles. The summed E-state index contributed by atoms with van der Waals surface area (Å²) in [5.41, 5.74) is 1.43. The van der Waals surface area contributed by atoms with Crippen molar-refractivity contribution in [3.63, 3.8) is 0 Å². The minimum atomic E-state index is -0.131. The van der Waals surface area contributed by atoms with Gasteiger partial charge >= 0.3 is 0 Å². The molecule has 1 amide bonds. The molecule has 1 rings (SSSR count). The minimum absolute atomic E-state index is 0.131. The molecule has 5 nitrogen and oxygen atoms in total. The number of H-pyrrole nitrogens is 1. The van der Waals surface area contributed by atoms with Gasteiger partial charge in [0, 0.05) is 18.3 Å². The van der Waals surface area contributed by atoms with E-state index in [2.05, 4.69) is 20.8 Å². The second kappa shape index (κ2) is 5.50. The first-order valence-corrected chi connectivity index (χ1v) is 5.17. The molecule has 0 aromatic carbocycles. The molecule has 84 valence electrons. The lowest BCUT2D eigenvalue weighted by Gasteiger charge is -2.09. The number of aromatic amines is 1. The van der Waals surface area contributed by atoms with Crippen LogP contribution in [0.3, 0.4) is 0 Å². The highest BCUT2D eigenvalue weighted by Crippen LogP contribution is 1.99. The fourth-order valence-corrected chi connectivity index (χ4v) is 1.10. The summed E-state index contributed by atoms with van der Waals surface area (Å²) < 4.78 is 0. The van der Waals surface area contributed by atoms with E-state index < -0.39 is 0 Å². The Hall–Kier alpha value is -1.36. The van der Waals surface area contributed by atoms with Crippen LogP contribution in [0, 0.1) is 0 Å². The van der Waals surface area contributed by atoms with E-state index >= 15 is 0 Å². The van der Waals surface area contributed by atoms with Crippen LogP contribution in [0.15, 0.2) is 6.07 Å². The van der Waals surface area contributed by atoms with Gasteiger partial charge in [-0.05, 0) is 26.5 Å². The van der Waals surface area contributed by atoms with Crippen molar-refractivity contribution in [1.82, 2.24) is 20.8 Å². The first kappa shape index (κ1) is 11.7. The van der Waals surface area contributed by atoms with Crippen molar-refractivity contribution >= 4 is 5.91 Å². The lowest BCUT2D eigenvalue weighted by atomic mass is 10.3. The van der Waals surface area contributed by atoms with Gasteiger partial charge in [0.1, 0.15) is 5.69 Å². The van der Waals surface area contributed by atoms with Gasteiger partial charge in [0.05, 0.1) is 0 Å². The van der Waals surface area contributed by atoms with Crippen LogP contribution in [0.1, 0.15) is 30.0 Å². The molecule has 0 radical (unpaired) electrons. The number of rotatable bonds is 5. The number of nitrogens with one attached hydrogen (secondary N) is 3. The van der Waals surface area contributed by atoms with Gasteiger partial charge in [-0.15, -0.1) is 0 Å². The first-order chi connectivity index (χ1) is 7.17. The van der Waals surface area contributed by atoms with Crippen molar-refractivity contribution in [3.8, 4) is 0 Å². The van der Waals surface area contributed by atoms with Crippen molar-refractivity contribution in [3.05, 3.63) is 17.5 Å². The molecule has 0 fully saturated rings. The van der Waals surface area contributed by atoms with Crippen LogP contribution in [-0.2, 0) is 6.42 Å². The van der Waals surface area contributed by atoms with Gasteiger partial charge in [-0.3, -0.25) is 9.89 Å². The van der Waals surface area contributed by atoms with Crippen LogP contribution in [0.25, 0.3) is 0 Å². The summed E-state index contributed by atoms with van der Waals surface area (Å²) in [6.07, 6.45) is 0.854. The Kier molecular flexibility index (Phi) is 4.30. The molecule has 0 bridgehead atoms. The zero-order valence-electron chi connectivity index (χ0n) is 9.42. The predicted octanol–water partition coefficient (Wildman–Crippen LogP) is 0.310. The average Bonchev–Trinajstić information content (AvgIpc) is 2.73. The molecule has 3 N–H and O–H groups in total. The number of carbonyl (C=O) groups excluding carboxylic acids is 1. The van der Waals surface area contributed by atoms with Crippen molar-refractivity contribution in [2.75, 3.05) is 13.6 Å². The molecule has 15 heavy (non-hydrogen) atoms. The normalized spacial score (nSPS) is 12.5. The molecule has 1 atom stereocenters. The van der Waals surface area contributed by atoms with Gasteiger partial charge in [0.25, 0.3) is 5.91 Å². The molecule has 1 heterocycles. The van der Waals surface area contributed by atoms with Crippen LogP contribution < -0.4 is 10.6 Å². The molecule has 1 aromatic heterocycles. The Balaban J connectivity index is 2.46. The number of nitrogens with zero attached hydrogens (tertiary/aromatic N) is 1. The van der Waals surface area contributed by atoms with Crippen molar-refractivity contribution in [1.29, 1.82) is 0 Å². The van der Waals surface area contributed by atoms with E-state index in [-0.39, 0.29) is 11.9 Å². The highest BCUT2D eigenvalue weighted by atomic mass is 16.1. The highest BCUT2D eigenvalue weighted by molar-refractivity contribution is 5.92. The average molecular weight is 210 g/mol. The summed E-state index contributed by atoms with van der Waals surface area (Å²) >= 11 is 0. The highest BCUT2D eigenvalue weighted by Gasteiger charge is 2.10. The number of carbonyl (C=O) groups is 1. The summed E-state index contributed by atoms with van der Waals surface area (Å²) in [4.78, 5) is 11.6.